The molecule has 0 aliphatic heterocycles. The van der Waals surface area contributed by atoms with Crippen molar-refractivity contribution in [2.75, 3.05) is 18.5 Å². The molecule has 0 aliphatic carbocycles. The van der Waals surface area contributed by atoms with Gasteiger partial charge in [0.05, 0.1) is 18.7 Å². The maximum atomic E-state index is 12.2. The van der Waals surface area contributed by atoms with Crippen LogP contribution in [-0.2, 0) is 5.41 Å². The highest BCUT2D eigenvalue weighted by atomic mass is 16.2. The summed E-state index contributed by atoms with van der Waals surface area (Å²) in [5.41, 5.74) is 6.29. The Morgan fingerprint density at radius 3 is 2.33 bits per heavy atom. The standard InChI is InChI=1S/C22H26N4O/c1-22(2,3)19-10-8-18(9-11-19)21(27)25-24-16-17-6-12-20(13-7-17)26(4)15-5-14-23/h6-13,16H,5,15H2,1-4H3,(H,25,27)/b24-16-. The minimum Gasteiger partial charge on any atom is -0.374 e. The molecule has 5 heteroatoms. The van der Waals surface area contributed by atoms with Crippen molar-refractivity contribution >= 4 is 17.8 Å². The van der Waals surface area contributed by atoms with Gasteiger partial charge in [0.2, 0.25) is 0 Å². The molecule has 2 rings (SSSR count). The first kappa shape index (κ1) is 20.2. The monoisotopic (exact) mass is 362 g/mol. The molecular formula is C22H26N4O. The van der Waals surface area contributed by atoms with Crippen LogP contribution in [0.1, 0.15) is 48.7 Å². The van der Waals surface area contributed by atoms with Crippen molar-refractivity contribution in [3.63, 3.8) is 0 Å². The predicted octanol–water partition coefficient (Wildman–Crippen LogP) is 4.10. The Labute approximate surface area is 161 Å². The minimum absolute atomic E-state index is 0.0575. The molecule has 27 heavy (non-hydrogen) atoms. The van der Waals surface area contributed by atoms with Gasteiger partial charge in [-0.2, -0.15) is 10.4 Å². The Kier molecular flexibility index (Phi) is 6.73. The third kappa shape index (κ3) is 5.96. The van der Waals surface area contributed by atoms with Crippen LogP contribution >= 0.6 is 0 Å². The van der Waals surface area contributed by atoms with Gasteiger partial charge in [-0.05, 0) is 40.8 Å². The second kappa shape index (κ2) is 9.00. The van der Waals surface area contributed by atoms with E-state index in [0.717, 1.165) is 11.3 Å². The van der Waals surface area contributed by atoms with Crippen molar-refractivity contribution in [3.05, 3.63) is 65.2 Å². The first-order chi connectivity index (χ1) is 12.8. The number of hydrazone groups is 1. The lowest BCUT2D eigenvalue weighted by Gasteiger charge is -2.18. The molecule has 0 saturated heterocycles. The molecule has 0 aliphatic rings. The van der Waals surface area contributed by atoms with E-state index < -0.39 is 0 Å². The molecule has 140 valence electrons. The summed E-state index contributed by atoms with van der Waals surface area (Å²) >= 11 is 0. The molecule has 5 nitrogen and oxygen atoms in total. The van der Waals surface area contributed by atoms with Crippen LogP contribution in [0, 0.1) is 11.3 Å². The van der Waals surface area contributed by atoms with Crippen LogP contribution in [0.25, 0.3) is 0 Å². The van der Waals surface area contributed by atoms with Gasteiger partial charge >= 0.3 is 0 Å². The van der Waals surface area contributed by atoms with Crippen LogP contribution in [0.5, 0.6) is 0 Å². The predicted molar refractivity (Wildman–Crippen MR) is 110 cm³/mol. The Morgan fingerprint density at radius 2 is 1.78 bits per heavy atom. The SMILES string of the molecule is CN(CCC#N)c1ccc(/C=N\NC(=O)c2ccc(C(C)(C)C)cc2)cc1. The van der Waals surface area contributed by atoms with Gasteiger partial charge < -0.3 is 4.90 Å². The first-order valence-corrected chi connectivity index (χ1v) is 8.93. The number of benzene rings is 2. The number of anilines is 1. The molecule has 0 radical (unpaired) electrons. The molecule has 1 amide bonds. The third-order valence-corrected chi connectivity index (χ3v) is 4.29. The molecule has 0 atom stereocenters. The molecule has 0 heterocycles. The molecule has 0 fully saturated rings. The molecular weight excluding hydrogens is 336 g/mol. The van der Waals surface area contributed by atoms with Crippen LogP contribution < -0.4 is 10.3 Å². The number of carbonyl (C=O) groups is 1. The molecule has 2 aromatic carbocycles. The largest absolute Gasteiger partial charge is 0.374 e. The lowest BCUT2D eigenvalue weighted by Crippen LogP contribution is -2.18. The quantitative estimate of drug-likeness (QED) is 0.621. The zero-order valence-electron chi connectivity index (χ0n) is 16.4. The van der Waals surface area contributed by atoms with Gasteiger partial charge in [0.1, 0.15) is 0 Å². The molecule has 0 aromatic heterocycles. The Balaban J connectivity index is 1.93. The summed E-state index contributed by atoms with van der Waals surface area (Å²) in [7, 11) is 1.95. The highest BCUT2D eigenvalue weighted by Gasteiger charge is 2.14. The topological polar surface area (TPSA) is 68.5 Å². The van der Waals surface area contributed by atoms with E-state index in [1.807, 2.05) is 60.5 Å². The van der Waals surface area contributed by atoms with E-state index in [-0.39, 0.29) is 11.3 Å². The van der Waals surface area contributed by atoms with Crippen molar-refractivity contribution < 1.29 is 4.79 Å². The fourth-order valence-corrected chi connectivity index (χ4v) is 2.51. The highest BCUT2D eigenvalue weighted by Crippen LogP contribution is 2.22. The molecule has 0 unspecified atom stereocenters. The van der Waals surface area contributed by atoms with Gasteiger partial charge in [-0.3, -0.25) is 4.79 Å². The number of nitriles is 1. The maximum Gasteiger partial charge on any atom is 0.271 e. The number of hydrogen-bond donors (Lipinski definition) is 1. The summed E-state index contributed by atoms with van der Waals surface area (Å²) in [6.07, 6.45) is 2.10. The van der Waals surface area contributed by atoms with E-state index in [1.165, 1.54) is 5.56 Å². The second-order valence-electron chi connectivity index (χ2n) is 7.45. The summed E-state index contributed by atoms with van der Waals surface area (Å²) in [5, 5.41) is 12.7. The Bertz CT molecular complexity index is 825. The molecule has 1 N–H and O–H groups in total. The average Bonchev–Trinajstić information content (AvgIpc) is 2.66. The van der Waals surface area contributed by atoms with E-state index in [2.05, 4.69) is 37.4 Å². The summed E-state index contributed by atoms with van der Waals surface area (Å²) in [5.74, 6) is -0.237. The smallest absolute Gasteiger partial charge is 0.271 e. The van der Waals surface area contributed by atoms with Crippen molar-refractivity contribution in [3.8, 4) is 6.07 Å². The van der Waals surface area contributed by atoms with Crippen molar-refractivity contribution in [1.82, 2.24) is 5.43 Å². The van der Waals surface area contributed by atoms with Gasteiger partial charge in [0, 0.05) is 24.8 Å². The van der Waals surface area contributed by atoms with E-state index in [4.69, 9.17) is 5.26 Å². The van der Waals surface area contributed by atoms with Crippen molar-refractivity contribution in [2.24, 2.45) is 5.10 Å². The van der Waals surface area contributed by atoms with E-state index in [0.29, 0.717) is 18.5 Å². The van der Waals surface area contributed by atoms with Crippen molar-refractivity contribution in [1.29, 1.82) is 5.26 Å². The number of nitrogens with zero attached hydrogens (tertiary/aromatic N) is 3. The zero-order chi connectivity index (χ0) is 19.9. The number of amides is 1. The molecule has 0 saturated carbocycles. The van der Waals surface area contributed by atoms with Gasteiger partial charge in [-0.25, -0.2) is 5.43 Å². The van der Waals surface area contributed by atoms with E-state index in [9.17, 15) is 4.79 Å². The third-order valence-electron chi connectivity index (χ3n) is 4.29. The Hall–Kier alpha value is -3.13. The fourth-order valence-electron chi connectivity index (χ4n) is 2.51. The normalized spacial score (nSPS) is 11.2. The van der Waals surface area contributed by atoms with Gasteiger partial charge in [-0.1, -0.05) is 45.0 Å². The summed E-state index contributed by atoms with van der Waals surface area (Å²) in [4.78, 5) is 14.2. The summed E-state index contributed by atoms with van der Waals surface area (Å²) < 4.78 is 0. The molecule has 0 spiro atoms. The van der Waals surface area contributed by atoms with E-state index in [1.54, 1.807) is 6.21 Å². The molecule has 0 bridgehead atoms. The van der Waals surface area contributed by atoms with E-state index >= 15 is 0 Å². The highest BCUT2D eigenvalue weighted by molar-refractivity contribution is 5.94. The van der Waals surface area contributed by atoms with Gasteiger partial charge in [0.25, 0.3) is 5.91 Å². The number of nitrogens with one attached hydrogen (secondary N) is 1. The summed E-state index contributed by atoms with van der Waals surface area (Å²) in [6.45, 7) is 7.10. The van der Waals surface area contributed by atoms with Crippen LogP contribution in [-0.4, -0.2) is 25.7 Å². The molecule has 2 aromatic rings. The lowest BCUT2D eigenvalue weighted by molar-refractivity contribution is 0.0955. The van der Waals surface area contributed by atoms with Crippen LogP contribution in [0.4, 0.5) is 5.69 Å². The minimum atomic E-state index is -0.237. The zero-order valence-corrected chi connectivity index (χ0v) is 16.4. The first-order valence-electron chi connectivity index (χ1n) is 8.93. The second-order valence-corrected chi connectivity index (χ2v) is 7.45. The number of hydrogen-bond acceptors (Lipinski definition) is 4. The average molecular weight is 362 g/mol. The van der Waals surface area contributed by atoms with Crippen LogP contribution in [0.15, 0.2) is 53.6 Å². The maximum absolute atomic E-state index is 12.2. The fraction of sp³-hybridized carbons (Fsp3) is 0.318. The van der Waals surface area contributed by atoms with Gasteiger partial charge in [0.15, 0.2) is 0 Å². The number of carbonyl (C=O) groups excluding carboxylic acids is 1. The van der Waals surface area contributed by atoms with Gasteiger partial charge in [-0.15, -0.1) is 0 Å². The Morgan fingerprint density at radius 1 is 1.15 bits per heavy atom. The van der Waals surface area contributed by atoms with Crippen LogP contribution in [0.2, 0.25) is 0 Å². The van der Waals surface area contributed by atoms with Crippen LogP contribution in [0.3, 0.4) is 0 Å². The lowest BCUT2D eigenvalue weighted by atomic mass is 9.87. The summed E-state index contributed by atoms with van der Waals surface area (Å²) in [6, 6.07) is 17.5. The van der Waals surface area contributed by atoms with Crippen molar-refractivity contribution in [2.45, 2.75) is 32.6 Å². The number of rotatable bonds is 6.